The van der Waals surface area contributed by atoms with Gasteiger partial charge in [-0.2, -0.15) is 18.3 Å². The highest BCUT2D eigenvalue weighted by Gasteiger charge is 2.37. The van der Waals surface area contributed by atoms with Crippen LogP contribution in [0, 0.1) is 0 Å². The summed E-state index contributed by atoms with van der Waals surface area (Å²) in [6.07, 6.45) is -0.824. The van der Waals surface area contributed by atoms with Crippen LogP contribution in [0.15, 0.2) is 41.7 Å². The SMILES string of the molecule is CC(C)(C)Nc1nc(Nc2cc(-c3c[nH]nc3C(F)(F)F)ncn2)cc2ccn(CCO)c(=O)c12. The molecule has 0 radical (unpaired) electrons. The number of aromatic nitrogens is 6. The number of alkyl halides is 3. The van der Waals surface area contributed by atoms with Gasteiger partial charge in [0.15, 0.2) is 5.69 Å². The van der Waals surface area contributed by atoms with Crippen LogP contribution in [-0.4, -0.2) is 47.0 Å². The lowest BCUT2D eigenvalue weighted by molar-refractivity contribution is -0.140. The Morgan fingerprint density at radius 3 is 2.60 bits per heavy atom. The van der Waals surface area contributed by atoms with Crippen molar-refractivity contribution >= 4 is 28.2 Å². The van der Waals surface area contributed by atoms with Gasteiger partial charge in [0.2, 0.25) is 0 Å². The van der Waals surface area contributed by atoms with Crippen molar-refractivity contribution in [2.45, 2.75) is 39.0 Å². The van der Waals surface area contributed by atoms with Crippen LogP contribution in [0.2, 0.25) is 0 Å². The zero-order chi connectivity index (χ0) is 25.4. The quantitative estimate of drug-likeness (QED) is 0.324. The number of hydrogen-bond donors (Lipinski definition) is 4. The van der Waals surface area contributed by atoms with Crippen molar-refractivity contribution in [2.24, 2.45) is 0 Å². The second-order valence-electron chi connectivity index (χ2n) is 8.79. The number of nitrogens with zero attached hydrogens (tertiary/aromatic N) is 5. The highest BCUT2D eigenvalue weighted by molar-refractivity contribution is 5.93. The number of rotatable bonds is 6. The zero-order valence-corrected chi connectivity index (χ0v) is 19.1. The third-order valence-electron chi connectivity index (χ3n) is 4.90. The van der Waals surface area contributed by atoms with Crippen LogP contribution in [0.4, 0.5) is 30.6 Å². The van der Waals surface area contributed by atoms with E-state index in [2.05, 4.69) is 35.8 Å². The molecule has 0 amide bonds. The van der Waals surface area contributed by atoms with Gasteiger partial charge in [0, 0.05) is 30.5 Å². The minimum atomic E-state index is -4.65. The number of aliphatic hydroxyl groups is 1. The molecule has 13 heteroatoms. The molecule has 0 atom stereocenters. The summed E-state index contributed by atoms with van der Waals surface area (Å²) in [5.74, 6) is 0.834. The van der Waals surface area contributed by atoms with E-state index >= 15 is 0 Å². The number of aliphatic hydroxyl groups excluding tert-OH is 1. The van der Waals surface area contributed by atoms with Gasteiger partial charge in [0.05, 0.1) is 23.3 Å². The fourth-order valence-corrected chi connectivity index (χ4v) is 3.50. The van der Waals surface area contributed by atoms with E-state index in [0.717, 1.165) is 12.5 Å². The number of halogens is 3. The van der Waals surface area contributed by atoms with Gasteiger partial charge < -0.3 is 20.3 Å². The van der Waals surface area contributed by atoms with Gasteiger partial charge in [-0.15, -0.1) is 0 Å². The molecule has 0 aromatic carbocycles. The Hall–Kier alpha value is -4.00. The summed E-state index contributed by atoms with van der Waals surface area (Å²) in [5.41, 5.74) is -2.02. The number of aromatic amines is 1. The first-order valence-corrected chi connectivity index (χ1v) is 10.6. The lowest BCUT2D eigenvalue weighted by Crippen LogP contribution is -2.29. The predicted molar refractivity (Wildman–Crippen MR) is 124 cm³/mol. The Bertz CT molecular complexity index is 1420. The molecule has 4 rings (SSSR count). The monoisotopic (exact) mass is 488 g/mol. The predicted octanol–water partition coefficient (Wildman–Crippen LogP) is 3.54. The number of H-pyrrole nitrogens is 1. The average Bonchev–Trinajstić information content (AvgIpc) is 3.25. The smallest absolute Gasteiger partial charge is 0.395 e. The van der Waals surface area contributed by atoms with Gasteiger partial charge in [0.25, 0.3) is 5.56 Å². The Morgan fingerprint density at radius 2 is 1.91 bits per heavy atom. The Labute approximate surface area is 197 Å². The number of pyridine rings is 2. The molecule has 184 valence electrons. The molecule has 0 aliphatic carbocycles. The number of nitrogens with one attached hydrogen (secondary N) is 3. The maximum absolute atomic E-state index is 13.3. The molecule has 4 aromatic rings. The molecule has 0 unspecified atom stereocenters. The third kappa shape index (κ3) is 5.24. The normalized spacial score (nSPS) is 12.2. The molecule has 0 saturated carbocycles. The van der Waals surface area contributed by atoms with Crippen molar-refractivity contribution in [3.63, 3.8) is 0 Å². The fraction of sp³-hybridized carbons (Fsp3) is 0.318. The molecule has 0 aliphatic heterocycles. The molecule has 4 heterocycles. The molecule has 0 spiro atoms. The molecular formula is C22H23F3N8O2. The summed E-state index contributed by atoms with van der Waals surface area (Å²) in [4.78, 5) is 25.6. The lowest BCUT2D eigenvalue weighted by Gasteiger charge is -2.23. The maximum Gasteiger partial charge on any atom is 0.435 e. The van der Waals surface area contributed by atoms with E-state index in [4.69, 9.17) is 0 Å². The summed E-state index contributed by atoms with van der Waals surface area (Å²) in [5, 5.41) is 21.9. The van der Waals surface area contributed by atoms with Crippen molar-refractivity contribution < 1.29 is 18.3 Å². The minimum Gasteiger partial charge on any atom is -0.395 e. The summed E-state index contributed by atoms with van der Waals surface area (Å²) < 4.78 is 41.2. The van der Waals surface area contributed by atoms with Gasteiger partial charge in [0.1, 0.15) is 23.8 Å². The Morgan fingerprint density at radius 1 is 1.14 bits per heavy atom. The number of hydrogen-bond acceptors (Lipinski definition) is 8. The molecule has 10 nitrogen and oxygen atoms in total. The van der Waals surface area contributed by atoms with Crippen LogP contribution in [0.5, 0.6) is 0 Å². The summed E-state index contributed by atoms with van der Waals surface area (Å²) >= 11 is 0. The minimum absolute atomic E-state index is 0.0179. The second-order valence-corrected chi connectivity index (χ2v) is 8.79. The molecule has 0 aliphatic rings. The van der Waals surface area contributed by atoms with Crippen molar-refractivity contribution in [3.05, 3.63) is 53.0 Å². The average molecular weight is 488 g/mol. The first-order chi connectivity index (χ1) is 16.5. The van der Waals surface area contributed by atoms with Crippen molar-refractivity contribution in [2.75, 3.05) is 17.2 Å². The van der Waals surface area contributed by atoms with Crippen LogP contribution in [0.25, 0.3) is 22.0 Å². The van der Waals surface area contributed by atoms with E-state index in [1.165, 1.54) is 10.6 Å². The first-order valence-electron chi connectivity index (χ1n) is 10.6. The van der Waals surface area contributed by atoms with Gasteiger partial charge >= 0.3 is 6.18 Å². The van der Waals surface area contributed by atoms with Gasteiger partial charge in [-0.05, 0) is 38.3 Å². The van der Waals surface area contributed by atoms with Crippen LogP contribution in [0.3, 0.4) is 0 Å². The number of anilines is 3. The number of fused-ring (bicyclic) bond motifs is 1. The fourth-order valence-electron chi connectivity index (χ4n) is 3.50. The molecule has 0 fully saturated rings. The lowest BCUT2D eigenvalue weighted by atomic mass is 10.1. The first kappa shape index (κ1) is 24.1. The van der Waals surface area contributed by atoms with E-state index in [0.29, 0.717) is 22.4 Å². The van der Waals surface area contributed by atoms with Crippen molar-refractivity contribution in [3.8, 4) is 11.3 Å². The Kier molecular flexibility index (Phi) is 6.19. The zero-order valence-electron chi connectivity index (χ0n) is 19.1. The van der Waals surface area contributed by atoms with Gasteiger partial charge in [-0.1, -0.05) is 0 Å². The molecular weight excluding hydrogens is 465 g/mol. The third-order valence-corrected chi connectivity index (χ3v) is 4.90. The largest absolute Gasteiger partial charge is 0.435 e. The van der Waals surface area contributed by atoms with Crippen molar-refractivity contribution in [1.82, 2.24) is 29.7 Å². The van der Waals surface area contributed by atoms with Crippen LogP contribution in [-0.2, 0) is 12.7 Å². The van der Waals surface area contributed by atoms with Gasteiger partial charge in [-0.3, -0.25) is 9.89 Å². The highest BCUT2D eigenvalue weighted by atomic mass is 19.4. The molecule has 4 aromatic heterocycles. The van der Waals surface area contributed by atoms with E-state index in [1.54, 1.807) is 18.3 Å². The molecule has 4 N–H and O–H groups in total. The second kappa shape index (κ2) is 8.98. The molecule has 0 saturated heterocycles. The van der Waals surface area contributed by atoms with Crippen LogP contribution < -0.4 is 16.2 Å². The van der Waals surface area contributed by atoms with E-state index in [-0.39, 0.29) is 35.8 Å². The molecule has 0 bridgehead atoms. The van der Waals surface area contributed by atoms with Gasteiger partial charge in [-0.25, -0.2) is 15.0 Å². The maximum atomic E-state index is 13.3. The summed E-state index contributed by atoms with van der Waals surface area (Å²) in [6.45, 7) is 5.69. The molecule has 35 heavy (non-hydrogen) atoms. The standard InChI is InChI=1S/C22H23F3N8O2/c1-21(2,3)31-19-17-12(4-5-33(6-7-34)20(17)35)8-16(30-19)29-15-9-14(26-11-27-15)13-10-28-32-18(13)22(23,24)25/h4-5,8-11,34H,6-7H2,1-3H3,(H,28,32)(H2,26,27,29,30,31). The van der Waals surface area contributed by atoms with Crippen molar-refractivity contribution in [1.29, 1.82) is 0 Å². The topological polar surface area (TPSA) is 134 Å². The van der Waals surface area contributed by atoms with Crippen LogP contribution in [0.1, 0.15) is 26.5 Å². The summed E-state index contributed by atoms with van der Waals surface area (Å²) in [7, 11) is 0. The van der Waals surface area contributed by atoms with E-state index in [1.807, 2.05) is 20.8 Å². The van der Waals surface area contributed by atoms with E-state index < -0.39 is 17.4 Å². The summed E-state index contributed by atoms with van der Waals surface area (Å²) in [6, 6.07) is 4.70. The highest BCUT2D eigenvalue weighted by Crippen LogP contribution is 2.35. The van der Waals surface area contributed by atoms with E-state index in [9.17, 15) is 23.1 Å². The Balaban J connectivity index is 1.76. The van der Waals surface area contributed by atoms with Crippen LogP contribution >= 0.6 is 0 Å².